The number of unbranched alkanes of at least 4 members (excludes halogenated alkanes) is 5. The average molecular weight is 264 g/mol. The minimum atomic E-state index is 0.330. The molecule has 0 bridgehead atoms. The molecular formula is C17H28O2. The second-order valence-corrected chi connectivity index (χ2v) is 5.09. The van der Waals surface area contributed by atoms with Crippen LogP contribution in [0.3, 0.4) is 0 Å². The van der Waals surface area contributed by atoms with Crippen LogP contribution < -0.4 is 4.74 Å². The van der Waals surface area contributed by atoms with E-state index in [1.165, 1.54) is 31.2 Å². The molecule has 0 unspecified atom stereocenters. The number of ether oxygens (including phenoxy) is 1. The third-order valence-corrected chi connectivity index (χ3v) is 3.28. The zero-order valence-corrected chi connectivity index (χ0v) is 12.2. The van der Waals surface area contributed by atoms with Gasteiger partial charge in [-0.15, -0.1) is 0 Å². The van der Waals surface area contributed by atoms with E-state index < -0.39 is 0 Å². The Morgan fingerprint density at radius 1 is 0.895 bits per heavy atom. The summed E-state index contributed by atoms with van der Waals surface area (Å²) >= 11 is 0. The van der Waals surface area contributed by atoms with Crippen LogP contribution in [0.1, 0.15) is 57.4 Å². The van der Waals surface area contributed by atoms with Gasteiger partial charge in [-0.3, -0.25) is 0 Å². The van der Waals surface area contributed by atoms with Crippen LogP contribution in [-0.2, 0) is 6.42 Å². The molecule has 0 saturated carbocycles. The standard InChI is InChI=1S/C17H28O2/c1-2-9-16-10-12-17(13-11-16)19-15-8-6-4-3-5-7-14-18/h10-13,18H,2-9,14-15H2,1H3. The first kappa shape index (κ1) is 16.0. The van der Waals surface area contributed by atoms with Gasteiger partial charge in [-0.2, -0.15) is 0 Å². The summed E-state index contributed by atoms with van der Waals surface area (Å²) in [5.74, 6) is 0.986. The van der Waals surface area contributed by atoms with Crippen LogP contribution in [0, 0.1) is 0 Å². The van der Waals surface area contributed by atoms with Crippen molar-refractivity contribution in [3.8, 4) is 5.75 Å². The summed E-state index contributed by atoms with van der Waals surface area (Å²) in [6, 6.07) is 8.47. The van der Waals surface area contributed by atoms with Crippen molar-refractivity contribution < 1.29 is 9.84 Å². The predicted octanol–water partition coefficient (Wildman–Crippen LogP) is 4.35. The Kier molecular flexibility index (Phi) is 9.17. The van der Waals surface area contributed by atoms with Crippen molar-refractivity contribution in [2.45, 2.75) is 58.3 Å². The molecule has 0 atom stereocenters. The summed E-state index contributed by atoms with van der Waals surface area (Å²) in [6.45, 7) is 3.34. The molecule has 0 radical (unpaired) electrons. The van der Waals surface area contributed by atoms with E-state index >= 15 is 0 Å². The van der Waals surface area contributed by atoms with E-state index in [1.807, 2.05) is 0 Å². The van der Waals surface area contributed by atoms with Gasteiger partial charge < -0.3 is 9.84 Å². The van der Waals surface area contributed by atoms with Crippen LogP contribution in [0.2, 0.25) is 0 Å². The summed E-state index contributed by atoms with van der Waals surface area (Å²) in [5, 5.41) is 8.67. The van der Waals surface area contributed by atoms with E-state index in [0.29, 0.717) is 6.61 Å². The molecule has 0 fully saturated rings. The van der Waals surface area contributed by atoms with Crippen molar-refractivity contribution in [3.63, 3.8) is 0 Å². The highest BCUT2D eigenvalue weighted by molar-refractivity contribution is 5.27. The summed E-state index contributed by atoms with van der Waals surface area (Å²) in [6.07, 6.45) is 9.25. The van der Waals surface area contributed by atoms with Gasteiger partial charge in [0, 0.05) is 6.61 Å². The van der Waals surface area contributed by atoms with Crippen LogP contribution in [0.5, 0.6) is 5.75 Å². The first-order valence-corrected chi connectivity index (χ1v) is 7.69. The van der Waals surface area contributed by atoms with Gasteiger partial charge >= 0.3 is 0 Å². The number of aryl methyl sites for hydroxylation is 1. The molecule has 0 aromatic heterocycles. The molecule has 0 aliphatic rings. The van der Waals surface area contributed by atoms with E-state index in [0.717, 1.165) is 38.0 Å². The smallest absolute Gasteiger partial charge is 0.119 e. The van der Waals surface area contributed by atoms with E-state index in [4.69, 9.17) is 9.84 Å². The van der Waals surface area contributed by atoms with Crippen molar-refractivity contribution in [2.75, 3.05) is 13.2 Å². The Balaban J connectivity index is 2.02. The molecule has 0 spiro atoms. The largest absolute Gasteiger partial charge is 0.494 e. The first-order valence-electron chi connectivity index (χ1n) is 7.69. The molecular weight excluding hydrogens is 236 g/mol. The number of hydrogen-bond acceptors (Lipinski definition) is 2. The van der Waals surface area contributed by atoms with Gasteiger partial charge in [0.1, 0.15) is 5.75 Å². The van der Waals surface area contributed by atoms with Gasteiger partial charge in [0.2, 0.25) is 0 Å². The van der Waals surface area contributed by atoms with Crippen LogP contribution >= 0.6 is 0 Å². The molecule has 0 aliphatic carbocycles. The van der Waals surface area contributed by atoms with Crippen molar-refractivity contribution in [2.24, 2.45) is 0 Å². The highest BCUT2D eigenvalue weighted by atomic mass is 16.5. The molecule has 1 aromatic rings. The van der Waals surface area contributed by atoms with Crippen molar-refractivity contribution in [3.05, 3.63) is 29.8 Å². The fraction of sp³-hybridized carbons (Fsp3) is 0.647. The predicted molar refractivity (Wildman–Crippen MR) is 80.7 cm³/mol. The number of benzene rings is 1. The normalized spacial score (nSPS) is 10.6. The molecule has 2 nitrogen and oxygen atoms in total. The molecule has 2 heteroatoms. The maximum Gasteiger partial charge on any atom is 0.119 e. The Labute approximate surface area is 117 Å². The lowest BCUT2D eigenvalue weighted by molar-refractivity contribution is 0.280. The zero-order chi connectivity index (χ0) is 13.8. The highest BCUT2D eigenvalue weighted by Crippen LogP contribution is 2.14. The van der Waals surface area contributed by atoms with E-state index in [1.54, 1.807) is 0 Å². The Morgan fingerprint density at radius 3 is 2.16 bits per heavy atom. The van der Waals surface area contributed by atoms with Gasteiger partial charge in [0.15, 0.2) is 0 Å². The summed E-state index contributed by atoms with van der Waals surface area (Å²) in [7, 11) is 0. The molecule has 108 valence electrons. The average Bonchev–Trinajstić information content (AvgIpc) is 2.44. The van der Waals surface area contributed by atoms with Crippen LogP contribution in [0.4, 0.5) is 0 Å². The topological polar surface area (TPSA) is 29.5 Å². The summed E-state index contributed by atoms with van der Waals surface area (Å²) in [5.41, 5.74) is 1.39. The fourth-order valence-electron chi connectivity index (χ4n) is 2.15. The molecule has 0 amide bonds. The van der Waals surface area contributed by atoms with Crippen LogP contribution in [0.15, 0.2) is 24.3 Å². The Morgan fingerprint density at radius 2 is 1.53 bits per heavy atom. The second kappa shape index (κ2) is 10.9. The fourth-order valence-corrected chi connectivity index (χ4v) is 2.15. The third kappa shape index (κ3) is 7.89. The number of rotatable bonds is 11. The Bertz CT molecular complexity index is 306. The lowest BCUT2D eigenvalue weighted by Gasteiger charge is -2.07. The monoisotopic (exact) mass is 264 g/mol. The molecule has 0 heterocycles. The number of aliphatic hydroxyl groups excluding tert-OH is 1. The highest BCUT2D eigenvalue weighted by Gasteiger charge is 1.96. The molecule has 0 aliphatic heterocycles. The molecule has 1 rings (SSSR count). The lowest BCUT2D eigenvalue weighted by atomic mass is 10.1. The van der Waals surface area contributed by atoms with Gasteiger partial charge in [-0.1, -0.05) is 51.2 Å². The minimum Gasteiger partial charge on any atom is -0.494 e. The lowest BCUT2D eigenvalue weighted by Crippen LogP contribution is -1.97. The van der Waals surface area contributed by atoms with Crippen molar-refractivity contribution in [1.29, 1.82) is 0 Å². The van der Waals surface area contributed by atoms with E-state index in [-0.39, 0.29) is 0 Å². The minimum absolute atomic E-state index is 0.330. The van der Waals surface area contributed by atoms with Crippen molar-refractivity contribution in [1.82, 2.24) is 0 Å². The SMILES string of the molecule is CCCc1ccc(OCCCCCCCCO)cc1. The van der Waals surface area contributed by atoms with E-state index in [2.05, 4.69) is 31.2 Å². The summed E-state index contributed by atoms with van der Waals surface area (Å²) in [4.78, 5) is 0. The maximum atomic E-state index is 8.67. The second-order valence-electron chi connectivity index (χ2n) is 5.09. The number of hydrogen-bond donors (Lipinski definition) is 1. The maximum absolute atomic E-state index is 8.67. The van der Waals surface area contributed by atoms with E-state index in [9.17, 15) is 0 Å². The quantitative estimate of drug-likeness (QED) is 0.602. The van der Waals surface area contributed by atoms with Gasteiger partial charge in [0.05, 0.1) is 6.61 Å². The number of aliphatic hydroxyl groups is 1. The van der Waals surface area contributed by atoms with Crippen LogP contribution in [0.25, 0.3) is 0 Å². The zero-order valence-electron chi connectivity index (χ0n) is 12.2. The Hall–Kier alpha value is -1.02. The van der Waals surface area contributed by atoms with Crippen LogP contribution in [-0.4, -0.2) is 18.3 Å². The molecule has 19 heavy (non-hydrogen) atoms. The summed E-state index contributed by atoms with van der Waals surface area (Å²) < 4.78 is 5.73. The molecule has 0 saturated heterocycles. The van der Waals surface area contributed by atoms with Crippen molar-refractivity contribution >= 4 is 0 Å². The van der Waals surface area contributed by atoms with Gasteiger partial charge in [-0.25, -0.2) is 0 Å². The molecule has 1 aromatic carbocycles. The first-order chi connectivity index (χ1) is 9.36. The van der Waals surface area contributed by atoms with Gasteiger partial charge in [-0.05, 0) is 37.0 Å². The third-order valence-electron chi connectivity index (χ3n) is 3.28. The van der Waals surface area contributed by atoms with Gasteiger partial charge in [0.25, 0.3) is 0 Å². The molecule has 1 N–H and O–H groups in total.